The normalized spacial score (nSPS) is 10.7. The molecular formula is C23H20N2O9. The Morgan fingerprint density at radius 3 is 2.35 bits per heavy atom. The summed E-state index contributed by atoms with van der Waals surface area (Å²) in [6.45, 7) is -0.608. The first-order chi connectivity index (χ1) is 16.5. The number of benzene rings is 2. The molecule has 176 valence electrons. The number of nitrogens with zero attached hydrogens (tertiary/aromatic N) is 2. The molecule has 2 aromatic heterocycles. The van der Waals surface area contributed by atoms with E-state index >= 15 is 0 Å². The zero-order valence-corrected chi connectivity index (χ0v) is 18.5. The average molecular weight is 468 g/mol. The van der Waals surface area contributed by atoms with Crippen molar-refractivity contribution in [2.75, 3.05) is 27.9 Å². The molecule has 0 fully saturated rings. The lowest BCUT2D eigenvalue weighted by Crippen LogP contribution is -2.14. The van der Waals surface area contributed by atoms with E-state index < -0.39 is 11.6 Å². The number of fused-ring (bicyclic) bond motifs is 1. The number of rotatable bonds is 9. The number of ether oxygens (including phenoxy) is 5. The monoisotopic (exact) mass is 468 g/mol. The van der Waals surface area contributed by atoms with Crippen LogP contribution >= 0.6 is 0 Å². The maximum absolute atomic E-state index is 12.1. The fourth-order valence-corrected chi connectivity index (χ4v) is 3.09. The van der Waals surface area contributed by atoms with Gasteiger partial charge in [0, 0.05) is 23.1 Å². The first-order valence-electron chi connectivity index (χ1n) is 9.96. The van der Waals surface area contributed by atoms with E-state index in [-0.39, 0.29) is 25.0 Å². The van der Waals surface area contributed by atoms with Gasteiger partial charge in [0.05, 0.1) is 21.3 Å². The Morgan fingerprint density at radius 2 is 1.65 bits per heavy atom. The van der Waals surface area contributed by atoms with E-state index in [2.05, 4.69) is 10.2 Å². The molecule has 0 saturated carbocycles. The van der Waals surface area contributed by atoms with E-state index in [4.69, 9.17) is 32.5 Å². The molecule has 0 aliphatic rings. The highest BCUT2D eigenvalue weighted by molar-refractivity contribution is 5.78. The minimum Gasteiger partial charge on any atom is -0.493 e. The van der Waals surface area contributed by atoms with E-state index in [0.717, 1.165) is 5.39 Å². The van der Waals surface area contributed by atoms with Gasteiger partial charge in [-0.1, -0.05) is 0 Å². The molecule has 0 bridgehead atoms. The molecule has 0 atom stereocenters. The molecule has 11 heteroatoms. The van der Waals surface area contributed by atoms with Crippen molar-refractivity contribution >= 4 is 16.9 Å². The van der Waals surface area contributed by atoms with Crippen LogP contribution in [-0.2, 0) is 16.1 Å². The Hall–Kier alpha value is -4.54. The maximum Gasteiger partial charge on any atom is 0.344 e. The third-order valence-corrected chi connectivity index (χ3v) is 4.69. The van der Waals surface area contributed by atoms with Crippen molar-refractivity contribution in [1.29, 1.82) is 0 Å². The minimum absolute atomic E-state index is 0.0876. The van der Waals surface area contributed by atoms with Crippen LogP contribution in [0.25, 0.3) is 22.4 Å². The smallest absolute Gasteiger partial charge is 0.344 e. The first kappa shape index (κ1) is 22.6. The van der Waals surface area contributed by atoms with Crippen molar-refractivity contribution in [2.24, 2.45) is 0 Å². The van der Waals surface area contributed by atoms with Gasteiger partial charge in [0.25, 0.3) is 5.89 Å². The van der Waals surface area contributed by atoms with Crippen LogP contribution in [0.5, 0.6) is 23.0 Å². The molecule has 2 heterocycles. The summed E-state index contributed by atoms with van der Waals surface area (Å²) in [6.07, 6.45) is 0. The predicted molar refractivity (Wildman–Crippen MR) is 117 cm³/mol. The van der Waals surface area contributed by atoms with Gasteiger partial charge in [-0.15, -0.1) is 10.2 Å². The van der Waals surface area contributed by atoms with E-state index in [0.29, 0.717) is 34.1 Å². The molecule has 0 spiro atoms. The lowest BCUT2D eigenvalue weighted by molar-refractivity contribution is -0.148. The van der Waals surface area contributed by atoms with Gasteiger partial charge in [-0.3, -0.25) is 0 Å². The number of hydrogen-bond donors (Lipinski definition) is 0. The molecule has 4 aromatic rings. The fourth-order valence-electron chi connectivity index (χ4n) is 3.09. The van der Waals surface area contributed by atoms with Crippen LogP contribution in [0, 0.1) is 0 Å². The quantitative estimate of drug-likeness (QED) is 0.265. The maximum atomic E-state index is 12.1. The fraction of sp³-hybridized carbons (Fsp3) is 0.217. The third kappa shape index (κ3) is 4.93. The average Bonchev–Trinajstić information content (AvgIpc) is 3.34. The van der Waals surface area contributed by atoms with Gasteiger partial charge >= 0.3 is 11.6 Å². The van der Waals surface area contributed by atoms with Crippen molar-refractivity contribution in [1.82, 2.24) is 10.2 Å². The Balaban J connectivity index is 1.37. The highest BCUT2D eigenvalue weighted by atomic mass is 16.6. The summed E-state index contributed by atoms with van der Waals surface area (Å²) in [7, 11) is 4.49. The van der Waals surface area contributed by atoms with Gasteiger partial charge in [0.15, 0.2) is 24.7 Å². The zero-order chi connectivity index (χ0) is 24.1. The Labute approximate surface area is 192 Å². The summed E-state index contributed by atoms with van der Waals surface area (Å²) in [4.78, 5) is 23.4. The minimum atomic E-state index is -0.651. The molecule has 34 heavy (non-hydrogen) atoms. The van der Waals surface area contributed by atoms with Crippen LogP contribution in [0.3, 0.4) is 0 Å². The number of hydrogen-bond acceptors (Lipinski definition) is 11. The summed E-state index contributed by atoms with van der Waals surface area (Å²) in [5.74, 6) is 1.24. The molecule has 0 aliphatic heterocycles. The predicted octanol–water partition coefficient (Wildman–Crippen LogP) is 2.99. The number of methoxy groups -OCH3 is 3. The second-order valence-electron chi connectivity index (χ2n) is 6.82. The van der Waals surface area contributed by atoms with Gasteiger partial charge in [-0.25, -0.2) is 9.59 Å². The molecule has 0 unspecified atom stereocenters. The molecule has 0 aliphatic carbocycles. The van der Waals surface area contributed by atoms with Crippen molar-refractivity contribution in [3.8, 4) is 34.5 Å². The summed E-state index contributed by atoms with van der Waals surface area (Å²) >= 11 is 0. The van der Waals surface area contributed by atoms with Gasteiger partial charge in [0.2, 0.25) is 11.6 Å². The van der Waals surface area contributed by atoms with Crippen molar-refractivity contribution in [3.63, 3.8) is 0 Å². The molecule has 0 radical (unpaired) electrons. The van der Waals surface area contributed by atoms with Crippen molar-refractivity contribution < 1.29 is 37.3 Å². The lowest BCUT2D eigenvalue weighted by atomic mass is 10.2. The third-order valence-electron chi connectivity index (χ3n) is 4.69. The first-order valence-corrected chi connectivity index (χ1v) is 9.96. The Morgan fingerprint density at radius 1 is 0.912 bits per heavy atom. The molecule has 0 amide bonds. The Kier molecular flexibility index (Phi) is 6.62. The molecule has 2 aromatic carbocycles. The number of carbonyl (C=O) groups is 1. The van der Waals surface area contributed by atoms with Crippen molar-refractivity contribution in [3.05, 3.63) is 58.8 Å². The van der Waals surface area contributed by atoms with Gasteiger partial charge < -0.3 is 32.5 Å². The summed E-state index contributed by atoms with van der Waals surface area (Å²) in [5, 5.41) is 8.59. The molecular weight excluding hydrogens is 448 g/mol. The number of esters is 1. The van der Waals surface area contributed by atoms with Crippen LogP contribution in [-0.4, -0.2) is 44.1 Å². The van der Waals surface area contributed by atoms with Crippen LogP contribution < -0.4 is 24.6 Å². The molecule has 11 nitrogen and oxygen atoms in total. The molecule has 0 N–H and O–H groups in total. The van der Waals surface area contributed by atoms with E-state index in [9.17, 15) is 9.59 Å². The summed E-state index contributed by atoms with van der Waals surface area (Å²) in [5.41, 5.74) is 0.406. The SMILES string of the molecule is COc1cc(-c2nnc(COC(=O)COc3ccc4ccc(=O)oc4c3)o2)cc(OC)c1OC. The van der Waals surface area contributed by atoms with Crippen LogP contribution in [0.2, 0.25) is 0 Å². The van der Waals surface area contributed by atoms with Crippen LogP contribution in [0.4, 0.5) is 0 Å². The molecule has 4 rings (SSSR count). The second kappa shape index (κ2) is 9.94. The Bertz CT molecular complexity index is 1350. The molecule has 0 saturated heterocycles. The van der Waals surface area contributed by atoms with Crippen molar-refractivity contribution in [2.45, 2.75) is 6.61 Å². The number of carbonyl (C=O) groups excluding carboxylic acids is 1. The van der Waals surface area contributed by atoms with E-state index in [1.165, 1.54) is 33.5 Å². The zero-order valence-electron chi connectivity index (χ0n) is 18.5. The van der Waals surface area contributed by atoms with Crippen LogP contribution in [0.15, 0.2) is 56.1 Å². The second-order valence-corrected chi connectivity index (χ2v) is 6.82. The highest BCUT2D eigenvalue weighted by Gasteiger charge is 2.18. The number of aromatic nitrogens is 2. The largest absolute Gasteiger partial charge is 0.493 e. The van der Waals surface area contributed by atoms with Gasteiger partial charge in [-0.2, -0.15) is 0 Å². The van der Waals surface area contributed by atoms with Gasteiger partial charge in [0.1, 0.15) is 11.3 Å². The van der Waals surface area contributed by atoms with Gasteiger partial charge in [-0.05, 0) is 30.3 Å². The van der Waals surface area contributed by atoms with Crippen LogP contribution in [0.1, 0.15) is 5.89 Å². The lowest BCUT2D eigenvalue weighted by Gasteiger charge is -2.12. The summed E-state index contributed by atoms with van der Waals surface area (Å²) in [6, 6.07) is 11.2. The summed E-state index contributed by atoms with van der Waals surface area (Å²) < 4.78 is 37.1. The highest BCUT2D eigenvalue weighted by Crippen LogP contribution is 2.40. The topological polar surface area (TPSA) is 132 Å². The van der Waals surface area contributed by atoms with E-state index in [1.807, 2.05) is 0 Å². The standard InChI is InChI=1S/C23H20N2O9/c1-28-17-8-14(9-18(29-2)22(17)30-3)23-25-24-19(34-23)11-32-21(27)12-31-15-6-4-13-5-7-20(26)33-16(13)10-15/h4-10H,11-12H2,1-3H3. The van der Waals surface area contributed by atoms with E-state index in [1.54, 1.807) is 30.3 Å².